The van der Waals surface area contributed by atoms with Gasteiger partial charge >= 0.3 is 0 Å². The predicted molar refractivity (Wildman–Crippen MR) is 79.1 cm³/mol. The highest BCUT2D eigenvalue weighted by Crippen LogP contribution is 2.29. The molecule has 2 aliphatic rings. The van der Waals surface area contributed by atoms with Crippen LogP contribution in [0.3, 0.4) is 0 Å². The Bertz CT molecular complexity index is 493. The molecule has 0 amide bonds. The highest BCUT2D eigenvalue weighted by atomic mass is 32.1. The summed E-state index contributed by atoms with van der Waals surface area (Å²) in [5.41, 5.74) is 7.31. The van der Waals surface area contributed by atoms with Crippen molar-refractivity contribution >= 4 is 22.9 Å². The van der Waals surface area contributed by atoms with E-state index in [2.05, 4.69) is 9.80 Å². The van der Waals surface area contributed by atoms with Crippen molar-refractivity contribution < 1.29 is 4.39 Å². The van der Waals surface area contributed by atoms with Gasteiger partial charge in [0, 0.05) is 43.5 Å². The van der Waals surface area contributed by atoms with Gasteiger partial charge in [-0.3, -0.25) is 4.90 Å². The minimum absolute atomic E-state index is 0.263. The summed E-state index contributed by atoms with van der Waals surface area (Å²) in [5.74, 6) is -0.289. The van der Waals surface area contributed by atoms with Crippen molar-refractivity contribution in [1.82, 2.24) is 4.90 Å². The number of piperazine rings is 1. The van der Waals surface area contributed by atoms with Crippen molar-refractivity contribution in [3.05, 3.63) is 29.6 Å². The number of nitrogens with zero attached hydrogens (tertiary/aromatic N) is 2. The maximum atomic E-state index is 13.3. The van der Waals surface area contributed by atoms with Gasteiger partial charge in [-0.05, 0) is 31.0 Å². The Morgan fingerprint density at radius 3 is 2.47 bits per heavy atom. The van der Waals surface area contributed by atoms with Crippen LogP contribution >= 0.6 is 12.2 Å². The van der Waals surface area contributed by atoms with Gasteiger partial charge in [-0.1, -0.05) is 12.2 Å². The summed E-state index contributed by atoms with van der Waals surface area (Å²) in [6.07, 6.45) is 2.68. The zero-order chi connectivity index (χ0) is 13.4. The van der Waals surface area contributed by atoms with Crippen molar-refractivity contribution in [3.63, 3.8) is 0 Å². The Morgan fingerprint density at radius 1 is 1.21 bits per heavy atom. The van der Waals surface area contributed by atoms with Crippen LogP contribution in [0.25, 0.3) is 0 Å². The third-order valence-electron chi connectivity index (χ3n) is 3.94. The molecular formula is C14H18FN3S. The molecule has 19 heavy (non-hydrogen) atoms. The van der Waals surface area contributed by atoms with Crippen molar-refractivity contribution in [3.8, 4) is 0 Å². The standard InChI is InChI=1S/C14H18FN3S/c15-10-1-4-13(12(9-10)14(16)19)18-7-5-17(6-8-18)11-2-3-11/h1,4,9,11H,2-3,5-8H2,(H2,16,19). The highest BCUT2D eigenvalue weighted by Gasteiger charge is 2.31. The third-order valence-corrected chi connectivity index (χ3v) is 4.16. The molecule has 1 aliphatic carbocycles. The third kappa shape index (κ3) is 2.72. The molecule has 0 bridgehead atoms. The van der Waals surface area contributed by atoms with Crippen LogP contribution in [-0.2, 0) is 0 Å². The van der Waals surface area contributed by atoms with E-state index in [1.54, 1.807) is 6.07 Å². The normalized spacial score (nSPS) is 20.6. The SMILES string of the molecule is NC(=S)c1cc(F)ccc1N1CCN(C2CC2)CC1. The summed E-state index contributed by atoms with van der Waals surface area (Å²) in [4.78, 5) is 5.06. The first-order chi connectivity index (χ1) is 9.15. The molecule has 0 spiro atoms. The smallest absolute Gasteiger partial charge is 0.124 e. The van der Waals surface area contributed by atoms with Gasteiger partial charge < -0.3 is 10.6 Å². The molecule has 0 unspecified atom stereocenters. The first-order valence-corrected chi connectivity index (χ1v) is 7.14. The summed E-state index contributed by atoms with van der Waals surface area (Å²) < 4.78 is 13.3. The molecule has 2 fully saturated rings. The molecule has 1 aromatic carbocycles. The molecule has 2 N–H and O–H groups in total. The molecule has 1 saturated heterocycles. The number of thiocarbonyl (C=S) groups is 1. The molecule has 3 nitrogen and oxygen atoms in total. The summed E-state index contributed by atoms with van der Waals surface area (Å²) in [6, 6.07) is 5.51. The molecule has 0 radical (unpaired) electrons. The maximum absolute atomic E-state index is 13.3. The topological polar surface area (TPSA) is 32.5 Å². The Balaban J connectivity index is 1.77. The van der Waals surface area contributed by atoms with Crippen LogP contribution in [0.15, 0.2) is 18.2 Å². The van der Waals surface area contributed by atoms with Crippen LogP contribution in [0.1, 0.15) is 18.4 Å². The molecule has 1 heterocycles. The fourth-order valence-electron chi connectivity index (χ4n) is 2.75. The summed E-state index contributed by atoms with van der Waals surface area (Å²) in [6.45, 7) is 4.05. The van der Waals surface area contributed by atoms with Gasteiger partial charge in [0.1, 0.15) is 10.8 Å². The number of anilines is 1. The second-order valence-corrected chi connectivity index (χ2v) is 5.72. The molecule has 102 valence electrons. The van der Waals surface area contributed by atoms with Gasteiger partial charge in [0.2, 0.25) is 0 Å². The van der Waals surface area contributed by atoms with E-state index < -0.39 is 0 Å². The number of halogens is 1. The van der Waals surface area contributed by atoms with Crippen molar-refractivity contribution in [1.29, 1.82) is 0 Å². The van der Waals surface area contributed by atoms with E-state index >= 15 is 0 Å². The lowest BCUT2D eigenvalue weighted by atomic mass is 10.1. The van der Waals surface area contributed by atoms with Gasteiger partial charge in [-0.25, -0.2) is 4.39 Å². The fourth-order valence-corrected chi connectivity index (χ4v) is 2.91. The van der Waals surface area contributed by atoms with Crippen LogP contribution in [0.2, 0.25) is 0 Å². The van der Waals surface area contributed by atoms with Crippen LogP contribution in [0.5, 0.6) is 0 Å². The van der Waals surface area contributed by atoms with E-state index in [0.29, 0.717) is 5.56 Å². The Labute approximate surface area is 118 Å². The Morgan fingerprint density at radius 2 is 1.89 bits per heavy atom. The van der Waals surface area contributed by atoms with Crippen LogP contribution in [0, 0.1) is 5.82 Å². The first-order valence-electron chi connectivity index (χ1n) is 6.73. The van der Waals surface area contributed by atoms with E-state index in [-0.39, 0.29) is 10.8 Å². The molecule has 0 aromatic heterocycles. The summed E-state index contributed by atoms with van der Waals surface area (Å²) >= 11 is 5.03. The minimum atomic E-state index is -0.289. The van der Waals surface area contributed by atoms with E-state index in [4.69, 9.17) is 18.0 Å². The zero-order valence-corrected chi connectivity index (χ0v) is 11.6. The zero-order valence-electron chi connectivity index (χ0n) is 10.8. The van der Waals surface area contributed by atoms with E-state index in [1.165, 1.54) is 25.0 Å². The van der Waals surface area contributed by atoms with E-state index in [9.17, 15) is 4.39 Å². The lowest BCUT2D eigenvalue weighted by molar-refractivity contribution is 0.248. The molecular weight excluding hydrogens is 261 g/mol. The van der Waals surface area contributed by atoms with Gasteiger partial charge in [0.05, 0.1) is 0 Å². The fraction of sp³-hybridized carbons (Fsp3) is 0.500. The van der Waals surface area contributed by atoms with Crippen LogP contribution in [0.4, 0.5) is 10.1 Å². The van der Waals surface area contributed by atoms with Crippen LogP contribution in [-0.4, -0.2) is 42.1 Å². The van der Waals surface area contributed by atoms with Crippen molar-refractivity contribution in [2.45, 2.75) is 18.9 Å². The quantitative estimate of drug-likeness (QED) is 0.854. The van der Waals surface area contributed by atoms with Gasteiger partial charge in [-0.15, -0.1) is 0 Å². The highest BCUT2D eigenvalue weighted by molar-refractivity contribution is 7.80. The molecule has 3 rings (SSSR count). The molecule has 1 aliphatic heterocycles. The van der Waals surface area contributed by atoms with Crippen molar-refractivity contribution in [2.75, 3.05) is 31.1 Å². The lowest BCUT2D eigenvalue weighted by Gasteiger charge is -2.37. The van der Waals surface area contributed by atoms with E-state index in [0.717, 1.165) is 37.9 Å². The Kier molecular flexibility index (Phi) is 3.41. The molecule has 5 heteroatoms. The number of benzene rings is 1. The monoisotopic (exact) mass is 279 g/mol. The molecule has 1 aromatic rings. The minimum Gasteiger partial charge on any atom is -0.389 e. The number of hydrogen-bond acceptors (Lipinski definition) is 3. The first kappa shape index (κ1) is 12.8. The lowest BCUT2D eigenvalue weighted by Crippen LogP contribution is -2.47. The van der Waals surface area contributed by atoms with Gasteiger partial charge in [0.15, 0.2) is 0 Å². The van der Waals surface area contributed by atoms with Gasteiger partial charge in [-0.2, -0.15) is 0 Å². The number of hydrogen-bond donors (Lipinski definition) is 1. The molecule has 1 saturated carbocycles. The maximum Gasteiger partial charge on any atom is 0.124 e. The van der Waals surface area contributed by atoms with E-state index in [1.807, 2.05) is 0 Å². The summed E-state index contributed by atoms with van der Waals surface area (Å²) in [7, 11) is 0. The average molecular weight is 279 g/mol. The average Bonchev–Trinajstić information content (AvgIpc) is 3.23. The number of nitrogens with two attached hydrogens (primary N) is 1. The Hall–Kier alpha value is -1.20. The van der Waals surface area contributed by atoms with Crippen LogP contribution < -0.4 is 10.6 Å². The molecule has 0 atom stereocenters. The summed E-state index contributed by atoms with van der Waals surface area (Å²) in [5, 5.41) is 0. The largest absolute Gasteiger partial charge is 0.389 e. The number of rotatable bonds is 3. The van der Waals surface area contributed by atoms with Gasteiger partial charge in [0.25, 0.3) is 0 Å². The second kappa shape index (κ2) is 5.06. The second-order valence-electron chi connectivity index (χ2n) is 5.28. The predicted octanol–water partition coefficient (Wildman–Crippen LogP) is 1.74. The van der Waals surface area contributed by atoms with Crippen molar-refractivity contribution in [2.24, 2.45) is 5.73 Å².